The minimum Gasteiger partial charge on any atom is -0.616 e. The van der Waals surface area contributed by atoms with Gasteiger partial charge in [0.15, 0.2) is 0 Å². The summed E-state index contributed by atoms with van der Waals surface area (Å²) in [5.74, 6) is 1.08. The zero-order chi connectivity index (χ0) is 5.70. The second kappa shape index (κ2) is 4.43. The third kappa shape index (κ3) is 4.12. The molecule has 1 atom stereocenters. The number of aliphatic hydroxyl groups is 1. The van der Waals surface area contributed by atoms with E-state index in [1.165, 1.54) is 0 Å². The maximum absolute atomic E-state index is 10.4. The fraction of sp³-hybridized carbons (Fsp3) is 1.00. The second-order valence-corrected chi connectivity index (χ2v) is 3.02. The van der Waals surface area contributed by atoms with Crippen molar-refractivity contribution in [3.63, 3.8) is 0 Å². The van der Waals surface area contributed by atoms with E-state index in [1.807, 2.05) is 6.92 Å². The average Bonchev–Trinajstić information content (AvgIpc) is 1.68. The van der Waals surface area contributed by atoms with Crippen LogP contribution in [0.1, 0.15) is 6.92 Å². The Kier molecular flexibility index (Phi) is 4.60. The molecule has 0 aromatic rings. The fourth-order valence-corrected chi connectivity index (χ4v) is 0.738. The summed E-state index contributed by atoms with van der Waals surface area (Å²) >= 11 is -0.777. The highest BCUT2D eigenvalue weighted by Crippen LogP contribution is 1.85. The molecule has 1 N–H and O–H groups in total. The molecule has 0 spiro atoms. The second-order valence-electron chi connectivity index (χ2n) is 1.16. The van der Waals surface area contributed by atoms with Gasteiger partial charge in [-0.1, -0.05) is 11.2 Å². The van der Waals surface area contributed by atoms with Crippen LogP contribution in [0, 0.1) is 0 Å². The molecule has 7 heavy (non-hydrogen) atoms. The molecule has 0 amide bonds. The predicted octanol–water partition coefficient (Wildman–Crippen LogP) is -0.253. The Morgan fingerprint density at radius 3 is 2.43 bits per heavy atom. The molecule has 44 valence electrons. The minimum absolute atomic E-state index is 0.0421. The first-order valence-corrected chi connectivity index (χ1v) is 3.76. The Balaban J connectivity index is 2.83. The van der Waals surface area contributed by atoms with Crippen LogP contribution in [-0.4, -0.2) is 27.8 Å². The molecule has 0 saturated heterocycles. The van der Waals surface area contributed by atoms with Crippen LogP contribution in [0.2, 0.25) is 0 Å². The Morgan fingerprint density at radius 1 is 1.71 bits per heavy atom. The van der Waals surface area contributed by atoms with Crippen molar-refractivity contribution in [3.8, 4) is 0 Å². The van der Waals surface area contributed by atoms with Crippen LogP contribution in [0.4, 0.5) is 0 Å². The molecule has 2 nitrogen and oxygen atoms in total. The molecular weight excluding hydrogens is 112 g/mol. The van der Waals surface area contributed by atoms with Gasteiger partial charge in [0.1, 0.15) is 11.5 Å². The molecule has 0 aromatic heterocycles. The maximum atomic E-state index is 10.4. The van der Waals surface area contributed by atoms with Crippen LogP contribution in [0.5, 0.6) is 0 Å². The quantitative estimate of drug-likeness (QED) is 0.524. The largest absolute Gasteiger partial charge is 0.616 e. The molecule has 0 bridgehead atoms. The molecular formula is C4H10O2S. The Labute approximate surface area is 46.7 Å². The fourth-order valence-electron chi connectivity index (χ4n) is 0.246. The summed E-state index contributed by atoms with van der Waals surface area (Å²) in [4.78, 5) is 0. The summed E-state index contributed by atoms with van der Waals surface area (Å²) in [6, 6.07) is 0. The summed E-state index contributed by atoms with van der Waals surface area (Å²) in [6.45, 7) is 1.88. The Morgan fingerprint density at radius 2 is 2.29 bits per heavy atom. The van der Waals surface area contributed by atoms with E-state index in [1.54, 1.807) is 0 Å². The van der Waals surface area contributed by atoms with E-state index in [2.05, 4.69) is 0 Å². The molecule has 1 unspecified atom stereocenters. The van der Waals surface area contributed by atoms with Gasteiger partial charge in [0.05, 0.1) is 6.61 Å². The lowest BCUT2D eigenvalue weighted by Gasteiger charge is -2.03. The van der Waals surface area contributed by atoms with E-state index in [-0.39, 0.29) is 6.61 Å². The van der Waals surface area contributed by atoms with Crippen molar-refractivity contribution in [2.45, 2.75) is 6.92 Å². The van der Waals surface area contributed by atoms with Crippen LogP contribution in [0.15, 0.2) is 0 Å². The van der Waals surface area contributed by atoms with Gasteiger partial charge in [-0.15, -0.1) is 0 Å². The summed E-state index contributed by atoms with van der Waals surface area (Å²) < 4.78 is 10.4. The van der Waals surface area contributed by atoms with Crippen LogP contribution in [0.3, 0.4) is 0 Å². The smallest absolute Gasteiger partial charge is 0.128 e. The van der Waals surface area contributed by atoms with Gasteiger partial charge in [0.25, 0.3) is 0 Å². The monoisotopic (exact) mass is 122 g/mol. The van der Waals surface area contributed by atoms with E-state index in [9.17, 15) is 4.55 Å². The van der Waals surface area contributed by atoms with Gasteiger partial charge in [-0.05, 0) is 6.92 Å². The van der Waals surface area contributed by atoms with Crippen molar-refractivity contribution >= 4 is 11.2 Å². The van der Waals surface area contributed by atoms with Crippen LogP contribution < -0.4 is 0 Å². The molecule has 0 radical (unpaired) electrons. The van der Waals surface area contributed by atoms with Crippen molar-refractivity contribution in [3.05, 3.63) is 0 Å². The zero-order valence-electron chi connectivity index (χ0n) is 4.39. The molecule has 0 aliphatic heterocycles. The van der Waals surface area contributed by atoms with Gasteiger partial charge in [0, 0.05) is 0 Å². The van der Waals surface area contributed by atoms with Crippen molar-refractivity contribution in [2.75, 3.05) is 18.1 Å². The first-order valence-electron chi connectivity index (χ1n) is 2.27. The highest BCUT2D eigenvalue weighted by Gasteiger charge is 1.96. The summed E-state index contributed by atoms with van der Waals surface area (Å²) in [7, 11) is 0. The topological polar surface area (TPSA) is 43.3 Å². The van der Waals surface area contributed by atoms with Crippen LogP contribution >= 0.6 is 0 Å². The number of rotatable bonds is 3. The summed E-state index contributed by atoms with van der Waals surface area (Å²) in [5.41, 5.74) is 0. The molecule has 0 aliphatic carbocycles. The molecule has 3 heteroatoms. The Bertz CT molecular complexity index is 40.7. The first kappa shape index (κ1) is 7.27. The van der Waals surface area contributed by atoms with Gasteiger partial charge < -0.3 is 9.66 Å². The summed E-state index contributed by atoms with van der Waals surface area (Å²) in [5, 5.41) is 8.17. The standard InChI is InChI=1S/C4H10O2S/c1-2-7(6)4-3-5/h5H,2-4H2,1H3. The highest BCUT2D eigenvalue weighted by atomic mass is 32.2. The molecule has 0 rings (SSSR count). The first-order chi connectivity index (χ1) is 3.31. The third-order valence-electron chi connectivity index (χ3n) is 0.641. The van der Waals surface area contributed by atoms with Gasteiger partial charge in [-0.3, -0.25) is 0 Å². The van der Waals surface area contributed by atoms with Crippen molar-refractivity contribution in [2.24, 2.45) is 0 Å². The van der Waals surface area contributed by atoms with Gasteiger partial charge in [0.2, 0.25) is 0 Å². The SMILES string of the molecule is CC[S+]([O-])CCO. The predicted molar refractivity (Wildman–Crippen MR) is 30.6 cm³/mol. The van der Waals surface area contributed by atoms with E-state index < -0.39 is 11.2 Å². The van der Waals surface area contributed by atoms with Gasteiger partial charge >= 0.3 is 0 Å². The summed E-state index contributed by atoms with van der Waals surface area (Å²) in [6.07, 6.45) is 0. The molecule has 0 aliphatic rings. The van der Waals surface area contributed by atoms with E-state index in [0.717, 1.165) is 0 Å². The molecule has 0 aromatic carbocycles. The molecule has 0 fully saturated rings. The Hall–Kier alpha value is 0.270. The van der Waals surface area contributed by atoms with E-state index >= 15 is 0 Å². The molecule has 0 saturated carbocycles. The van der Waals surface area contributed by atoms with Gasteiger partial charge in [-0.2, -0.15) is 0 Å². The van der Waals surface area contributed by atoms with Crippen molar-refractivity contribution < 1.29 is 9.66 Å². The molecule has 0 heterocycles. The number of hydrogen-bond acceptors (Lipinski definition) is 2. The highest BCUT2D eigenvalue weighted by molar-refractivity contribution is 7.91. The normalized spacial score (nSPS) is 14.1. The average molecular weight is 122 g/mol. The minimum atomic E-state index is -0.777. The number of aliphatic hydroxyl groups excluding tert-OH is 1. The van der Waals surface area contributed by atoms with Crippen molar-refractivity contribution in [1.82, 2.24) is 0 Å². The van der Waals surface area contributed by atoms with E-state index in [0.29, 0.717) is 11.5 Å². The van der Waals surface area contributed by atoms with Gasteiger partial charge in [-0.25, -0.2) is 0 Å². The van der Waals surface area contributed by atoms with E-state index in [4.69, 9.17) is 5.11 Å². The van der Waals surface area contributed by atoms with Crippen LogP contribution in [0.25, 0.3) is 0 Å². The lowest BCUT2D eigenvalue weighted by atomic mass is 10.9. The third-order valence-corrected chi connectivity index (χ3v) is 1.92. The zero-order valence-corrected chi connectivity index (χ0v) is 5.20. The van der Waals surface area contributed by atoms with Crippen molar-refractivity contribution in [1.29, 1.82) is 0 Å². The lowest BCUT2D eigenvalue weighted by Crippen LogP contribution is -2.11. The van der Waals surface area contributed by atoms with Crippen LogP contribution in [-0.2, 0) is 11.2 Å². The lowest BCUT2D eigenvalue weighted by molar-refractivity contribution is 0.319. The maximum Gasteiger partial charge on any atom is 0.128 e. The number of hydrogen-bond donors (Lipinski definition) is 1.